The molecule has 1 fully saturated rings. The van der Waals surface area contributed by atoms with Gasteiger partial charge >= 0.3 is 12.3 Å². The van der Waals surface area contributed by atoms with Crippen LogP contribution in [0.1, 0.15) is 91.8 Å². The first-order valence-corrected chi connectivity index (χ1v) is 20.8. The largest absolute Gasteiger partial charge is 0.444 e. The summed E-state index contributed by atoms with van der Waals surface area (Å²) in [5.41, 5.74) is -2.23. The van der Waals surface area contributed by atoms with Crippen LogP contribution in [0.5, 0.6) is 0 Å². The zero-order valence-electron chi connectivity index (χ0n) is 31.6. The van der Waals surface area contributed by atoms with Crippen LogP contribution >= 0.6 is 0 Å². The van der Waals surface area contributed by atoms with E-state index in [0.717, 1.165) is 30.0 Å². The highest BCUT2D eigenvalue weighted by Gasteiger charge is 2.43. The monoisotopic (exact) mass is 782 g/mol. The van der Waals surface area contributed by atoms with Crippen LogP contribution in [-0.2, 0) is 32.2 Å². The van der Waals surface area contributed by atoms with Crippen molar-refractivity contribution in [3.05, 3.63) is 112 Å². The maximum Gasteiger partial charge on any atom is 0.435 e. The summed E-state index contributed by atoms with van der Waals surface area (Å²) >= 11 is 0. The van der Waals surface area contributed by atoms with Gasteiger partial charge in [0.1, 0.15) is 17.1 Å². The first kappa shape index (κ1) is 41.1. The number of hydrogen-bond acceptors (Lipinski definition) is 6. The second kappa shape index (κ2) is 15.2. The average molecular weight is 783 g/mol. The van der Waals surface area contributed by atoms with Gasteiger partial charge in [0, 0.05) is 30.9 Å². The Hall–Kier alpha value is -5.07. The highest BCUT2D eigenvalue weighted by molar-refractivity contribution is 8.17. The first-order chi connectivity index (χ1) is 25.6. The van der Waals surface area contributed by atoms with Crippen molar-refractivity contribution >= 4 is 26.9 Å². The molecule has 1 atom stereocenters. The van der Waals surface area contributed by atoms with Crippen LogP contribution in [0.3, 0.4) is 0 Å². The Morgan fingerprint density at radius 3 is 2.33 bits per heavy atom. The van der Waals surface area contributed by atoms with Crippen LogP contribution in [0.25, 0.3) is 5.69 Å². The molecular formula is C40H46F4N6O4S. The van der Waals surface area contributed by atoms with Gasteiger partial charge < -0.3 is 15.4 Å². The van der Waals surface area contributed by atoms with E-state index >= 15 is 4.39 Å². The number of hydrogen-bond donors (Lipinski definition) is 3. The number of ether oxygens (including phenoxy) is 1. The van der Waals surface area contributed by atoms with Gasteiger partial charge in [-0.3, -0.25) is 9.00 Å². The molecule has 15 heteroatoms. The predicted octanol–water partition coefficient (Wildman–Crippen LogP) is 8.22. The Kier molecular flexibility index (Phi) is 11.4. The van der Waals surface area contributed by atoms with E-state index in [-0.39, 0.29) is 23.7 Å². The first-order valence-electron chi connectivity index (χ1n) is 17.8. The molecule has 0 spiro atoms. The number of rotatable bonds is 13. The van der Waals surface area contributed by atoms with Crippen LogP contribution in [-0.4, -0.2) is 49.9 Å². The van der Waals surface area contributed by atoms with Crippen LogP contribution in [0.15, 0.2) is 72.8 Å². The Balaban J connectivity index is 1.56. The zero-order valence-corrected chi connectivity index (χ0v) is 32.5. The van der Waals surface area contributed by atoms with E-state index in [1.807, 2.05) is 0 Å². The fourth-order valence-electron chi connectivity index (χ4n) is 6.16. The number of alkyl carbamates (subject to hydrolysis) is 1. The van der Waals surface area contributed by atoms with Crippen molar-refractivity contribution in [2.75, 3.05) is 23.6 Å². The molecule has 10 nitrogen and oxygen atoms in total. The molecule has 3 aromatic carbocycles. The molecule has 0 radical (unpaired) electrons. The molecular weight excluding hydrogens is 737 g/mol. The number of nitrogens with zero attached hydrogens (tertiary/aromatic N) is 3. The minimum absolute atomic E-state index is 0.0374. The number of aromatic nitrogens is 2. The summed E-state index contributed by atoms with van der Waals surface area (Å²) in [6, 6.07) is 19.7. The quantitative estimate of drug-likeness (QED) is 0.117. The number of alkyl halides is 3. The van der Waals surface area contributed by atoms with Crippen molar-refractivity contribution in [1.29, 1.82) is 5.26 Å². The molecule has 0 aliphatic heterocycles. The second-order valence-corrected chi connectivity index (χ2v) is 20.5. The average Bonchev–Trinajstić information content (AvgIpc) is 3.83. The molecule has 2 amide bonds. The Bertz CT molecular complexity index is 2200. The molecule has 0 bridgehead atoms. The van der Waals surface area contributed by atoms with Crippen molar-refractivity contribution in [2.24, 2.45) is 5.92 Å². The minimum atomic E-state index is -4.92. The van der Waals surface area contributed by atoms with E-state index in [1.165, 1.54) is 30.3 Å². The van der Waals surface area contributed by atoms with Crippen molar-refractivity contribution in [3.8, 4) is 11.8 Å². The van der Waals surface area contributed by atoms with Gasteiger partial charge in [-0.1, -0.05) is 59.3 Å². The molecule has 1 saturated carbocycles. The highest BCUT2D eigenvalue weighted by Crippen LogP contribution is 2.44. The third kappa shape index (κ3) is 10.4. The van der Waals surface area contributed by atoms with Gasteiger partial charge in [0.15, 0.2) is 5.69 Å². The lowest BCUT2D eigenvalue weighted by Crippen LogP contribution is -2.58. The number of anilines is 1. The van der Waals surface area contributed by atoms with Crippen molar-refractivity contribution in [2.45, 2.75) is 77.2 Å². The summed E-state index contributed by atoms with van der Waals surface area (Å²) < 4.78 is 81.7. The third-order valence-corrected chi connectivity index (χ3v) is 12.0. The third-order valence-electron chi connectivity index (χ3n) is 9.37. The molecule has 0 unspecified atom stereocenters. The maximum atomic E-state index is 15.7. The van der Waals surface area contributed by atoms with E-state index in [9.17, 15) is 32.2 Å². The lowest BCUT2D eigenvalue weighted by molar-refractivity contribution is -0.141. The van der Waals surface area contributed by atoms with Gasteiger partial charge in [-0.2, -0.15) is 23.5 Å². The zero-order chi connectivity index (χ0) is 40.4. The van der Waals surface area contributed by atoms with E-state index in [1.54, 1.807) is 70.5 Å². The topological polar surface area (TPSA) is 138 Å². The summed E-state index contributed by atoms with van der Waals surface area (Å²) in [4.78, 5) is 26.1. The van der Waals surface area contributed by atoms with Crippen molar-refractivity contribution in [3.63, 3.8) is 0 Å². The molecule has 1 aromatic heterocycles. The normalized spacial score (nSPS) is 15.3. The van der Waals surface area contributed by atoms with Gasteiger partial charge in [-0.05, 0) is 92.6 Å². The standard InChI is InChI=1S/C40H46F4N6O4S/c1-7-55(5,6,53)49-39(19-18-26-14-15-26,29-12-8-10-27(20-29)24-45)30-16-17-32(41)33(22-30)47-36(51)34-23-35(40(42,43)44)48-50(34)31-13-9-11-28(21-31)25-46-37(52)54-38(2,3)4/h8-13,16-17,20-23,26H,7,14-15,18-19,25H2,1-6H3,(H,46,52)(H,47,51)(H,49,53)/t39-/m0/s1. The van der Waals surface area contributed by atoms with Crippen LogP contribution in [0.4, 0.5) is 28.0 Å². The van der Waals surface area contributed by atoms with Gasteiger partial charge in [-0.15, -0.1) is 0 Å². The molecule has 1 aliphatic rings. The number of carbonyl (C=O) groups excluding carboxylic acids is 2. The maximum absolute atomic E-state index is 15.7. The van der Waals surface area contributed by atoms with Gasteiger partial charge in [0.2, 0.25) is 0 Å². The number of benzene rings is 3. The Morgan fingerprint density at radius 2 is 1.69 bits per heavy atom. The van der Waals surface area contributed by atoms with Crippen LogP contribution in [0, 0.1) is 23.1 Å². The van der Waals surface area contributed by atoms with Crippen molar-refractivity contribution < 1.29 is 36.1 Å². The van der Waals surface area contributed by atoms with Crippen LogP contribution < -0.4 is 15.4 Å². The smallest absolute Gasteiger partial charge is 0.435 e. The van der Waals surface area contributed by atoms with E-state index in [0.29, 0.717) is 40.7 Å². The SMILES string of the molecule is CCS(C)(C)(=O)N[C@@](CCC1CC1)(c1cccc(C#N)c1)c1ccc(F)c(NC(=O)c2cc(C(F)(F)F)nn2-c2cccc(CNC(=O)OC(C)(C)C)c2)c1. The van der Waals surface area contributed by atoms with Gasteiger partial charge in [0.25, 0.3) is 5.91 Å². The lowest BCUT2D eigenvalue weighted by Gasteiger charge is -2.47. The summed E-state index contributed by atoms with van der Waals surface area (Å²) in [6.45, 7) is 6.85. The summed E-state index contributed by atoms with van der Waals surface area (Å²) in [5.74, 6) is -1.26. The van der Waals surface area contributed by atoms with Crippen molar-refractivity contribution in [1.82, 2.24) is 19.8 Å². The summed E-state index contributed by atoms with van der Waals surface area (Å²) in [5, 5.41) is 18.5. The van der Waals surface area contributed by atoms with Gasteiger partial charge in [-0.25, -0.2) is 18.6 Å². The minimum Gasteiger partial charge on any atom is -0.444 e. The molecule has 5 rings (SSSR count). The molecule has 4 aromatic rings. The number of nitrogens with one attached hydrogen (secondary N) is 3. The van der Waals surface area contributed by atoms with Gasteiger partial charge in [0.05, 0.1) is 28.5 Å². The molecule has 1 heterocycles. The molecule has 294 valence electrons. The number of carbonyl (C=O) groups is 2. The number of nitriles is 1. The second-order valence-electron chi connectivity index (χ2n) is 15.5. The van der Waals surface area contributed by atoms with Crippen LogP contribution in [0.2, 0.25) is 0 Å². The van der Waals surface area contributed by atoms with E-state index in [4.69, 9.17) is 4.74 Å². The lowest BCUT2D eigenvalue weighted by atomic mass is 9.79. The fourth-order valence-corrected chi connectivity index (χ4v) is 7.73. The molecule has 1 aliphatic carbocycles. The predicted molar refractivity (Wildman–Crippen MR) is 204 cm³/mol. The molecule has 3 N–H and O–H groups in total. The molecule has 0 saturated heterocycles. The summed E-state index contributed by atoms with van der Waals surface area (Å²) in [6.07, 6.45) is 0.841. The Labute approximate surface area is 318 Å². The number of amides is 2. The van der Waals surface area contributed by atoms with E-state index in [2.05, 4.69) is 26.5 Å². The fraction of sp³-hybridized carbons (Fsp3) is 0.400. The molecule has 55 heavy (non-hydrogen) atoms. The highest BCUT2D eigenvalue weighted by atomic mass is 32.3. The Morgan fingerprint density at radius 1 is 1.00 bits per heavy atom. The number of halogens is 4. The van der Waals surface area contributed by atoms with E-state index < -0.39 is 55.8 Å². The summed E-state index contributed by atoms with van der Waals surface area (Å²) in [7, 11) is -3.57.